The van der Waals surface area contributed by atoms with Gasteiger partial charge in [-0.3, -0.25) is 0 Å². The lowest BCUT2D eigenvalue weighted by Crippen LogP contribution is -2.36. The van der Waals surface area contributed by atoms with Crippen LogP contribution in [0.15, 0.2) is 40.8 Å². The van der Waals surface area contributed by atoms with Gasteiger partial charge >= 0.3 is 6.09 Å². The predicted molar refractivity (Wildman–Crippen MR) is 88.9 cm³/mol. The van der Waals surface area contributed by atoms with Crippen LogP contribution >= 0.6 is 0 Å². The Kier molecular flexibility index (Phi) is 4.98. The maximum Gasteiger partial charge on any atom is 0.417 e. The maximum atomic E-state index is 12.6. The van der Waals surface area contributed by atoms with E-state index in [1.165, 1.54) is 12.0 Å². The second kappa shape index (κ2) is 6.77. The van der Waals surface area contributed by atoms with E-state index in [9.17, 15) is 4.79 Å². The van der Waals surface area contributed by atoms with Crippen LogP contribution in [0.4, 0.5) is 10.7 Å². The minimum atomic E-state index is -0.586. The topological polar surface area (TPSA) is 51.9 Å². The monoisotopic (exact) mass is 317 g/mol. The maximum absolute atomic E-state index is 12.6. The number of benzene rings is 1. The first-order valence-corrected chi connectivity index (χ1v) is 7.49. The number of methoxy groups -OCH3 is 1. The third kappa shape index (κ3) is 4.52. The predicted octanol–water partition coefficient (Wildman–Crippen LogP) is 4.54. The first kappa shape index (κ1) is 16.9. The fraction of sp³-hybridized carbons (Fsp3) is 0.389. The van der Waals surface area contributed by atoms with E-state index in [1.54, 1.807) is 12.1 Å². The van der Waals surface area contributed by atoms with Crippen LogP contribution in [-0.2, 0) is 11.3 Å². The third-order valence-corrected chi connectivity index (χ3v) is 3.24. The second-order valence-electron chi connectivity index (χ2n) is 6.29. The Morgan fingerprint density at radius 1 is 1.17 bits per heavy atom. The minimum absolute atomic E-state index is 0.346. The fourth-order valence-electron chi connectivity index (χ4n) is 2.07. The van der Waals surface area contributed by atoms with Gasteiger partial charge in [0.05, 0.1) is 13.7 Å². The van der Waals surface area contributed by atoms with Crippen LogP contribution in [0.25, 0.3) is 0 Å². The quantitative estimate of drug-likeness (QED) is 0.831. The average molecular weight is 317 g/mol. The Balaban J connectivity index is 2.31. The number of amides is 1. The van der Waals surface area contributed by atoms with Gasteiger partial charge in [0.15, 0.2) is 0 Å². The number of ether oxygens (including phenoxy) is 2. The molecule has 0 saturated heterocycles. The standard InChI is InChI=1S/C18H23NO4/c1-13-8-6-7-9-14(13)12-19(17(20)23-18(2,3)4)15-10-11-16(21-5)22-15/h6-11H,12H2,1-5H3. The van der Waals surface area contributed by atoms with Crippen molar-refractivity contribution in [2.75, 3.05) is 12.0 Å². The Bertz CT molecular complexity index is 670. The molecule has 0 bridgehead atoms. The van der Waals surface area contributed by atoms with Crippen molar-refractivity contribution in [1.82, 2.24) is 0 Å². The van der Waals surface area contributed by atoms with Crippen molar-refractivity contribution in [2.24, 2.45) is 0 Å². The first-order chi connectivity index (χ1) is 10.8. The van der Waals surface area contributed by atoms with Gasteiger partial charge in [-0.05, 0) is 38.8 Å². The zero-order valence-electron chi connectivity index (χ0n) is 14.3. The highest BCUT2D eigenvalue weighted by Gasteiger charge is 2.26. The molecule has 0 N–H and O–H groups in total. The number of hydrogen-bond acceptors (Lipinski definition) is 4. The number of rotatable bonds is 4. The lowest BCUT2D eigenvalue weighted by Gasteiger charge is -2.26. The number of nitrogens with zero attached hydrogens (tertiary/aromatic N) is 1. The molecule has 0 radical (unpaired) electrons. The summed E-state index contributed by atoms with van der Waals surface area (Å²) in [6, 6.07) is 11.3. The summed E-state index contributed by atoms with van der Waals surface area (Å²) in [5.74, 6) is 0.734. The summed E-state index contributed by atoms with van der Waals surface area (Å²) < 4.78 is 16.1. The number of furan rings is 1. The molecule has 124 valence electrons. The lowest BCUT2D eigenvalue weighted by molar-refractivity contribution is 0.0570. The van der Waals surface area contributed by atoms with Crippen LogP contribution in [0.3, 0.4) is 0 Å². The van der Waals surface area contributed by atoms with Crippen LogP contribution in [0.1, 0.15) is 31.9 Å². The van der Waals surface area contributed by atoms with Gasteiger partial charge < -0.3 is 13.9 Å². The van der Waals surface area contributed by atoms with Crippen LogP contribution in [0, 0.1) is 6.92 Å². The van der Waals surface area contributed by atoms with Gasteiger partial charge in [0.2, 0.25) is 5.88 Å². The highest BCUT2D eigenvalue weighted by Crippen LogP contribution is 2.27. The van der Waals surface area contributed by atoms with E-state index in [2.05, 4.69) is 0 Å². The van der Waals surface area contributed by atoms with Crippen LogP contribution in [0.2, 0.25) is 0 Å². The molecule has 1 heterocycles. The van der Waals surface area contributed by atoms with E-state index < -0.39 is 11.7 Å². The van der Waals surface area contributed by atoms with Crippen LogP contribution in [-0.4, -0.2) is 18.8 Å². The Morgan fingerprint density at radius 2 is 1.87 bits per heavy atom. The number of carbonyl (C=O) groups excluding carboxylic acids is 1. The van der Waals surface area contributed by atoms with Crippen molar-refractivity contribution >= 4 is 12.0 Å². The Hall–Kier alpha value is -2.43. The molecular formula is C18H23NO4. The molecule has 5 heteroatoms. The van der Waals surface area contributed by atoms with Crippen molar-refractivity contribution in [3.63, 3.8) is 0 Å². The number of aryl methyl sites for hydroxylation is 1. The van der Waals surface area contributed by atoms with E-state index in [0.717, 1.165) is 11.1 Å². The van der Waals surface area contributed by atoms with Gasteiger partial charge in [-0.2, -0.15) is 0 Å². The highest BCUT2D eigenvalue weighted by atomic mass is 16.6. The van der Waals surface area contributed by atoms with Crippen molar-refractivity contribution in [3.05, 3.63) is 47.5 Å². The van der Waals surface area contributed by atoms with Gasteiger partial charge in [0, 0.05) is 12.1 Å². The van der Waals surface area contributed by atoms with Gasteiger partial charge in [0.25, 0.3) is 5.95 Å². The lowest BCUT2D eigenvalue weighted by atomic mass is 10.1. The van der Waals surface area contributed by atoms with Crippen molar-refractivity contribution in [1.29, 1.82) is 0 Å². The van der Waals surface area contributed by atoms with E-state index in [1.807, 2.05) is 52.0 Å². The zero-order valence-corrected chi connectivity index (χ0v) is 14.3. The molecule has 5 nitrogen and oxygen atoms in total. The Morgan fingerprint density at radius 3 is 2.43 bits per heavy atom. The molecule has 0 atom stereocenters. The molecule has 0 fully saturated rings. The third-order valence-electron chi connectivity index (χ3n) is 3.24. The fourth-order valence-corrected chi connectivity index (χ4v) is 2.07. The normalized spacial score (nSPS) is 11.2. The summed E-state index contributed by atoms with van der Waals surface area (Å²) >= 11 is 0. The number of carbonyl (C=O) groups is 1. The minimum Gasteiger partial charge on any atom is -0.468 e. The van der Waals surface area contributed by atoms with E-state index >= 15 is 0 Å². The largest absolute Gasteiger partial charge is 0.468 e. The van der Waals surface area contributed by atoms with E-state index in [4.69, 9.17) is 13.9 Å². The van der Waals surface area contributed by atoms with E-state index in [-0.39, 0.29) is 0 Å². The molecule has 1 amide bonds. The number of anilines is 1. The summed E-state index contributed by atoms with van der Waals surface area (Å²) in [6.07, 6.45) is -0.460. The molecule has 0 aliphatic heterocycles. The molecule has 2 aromatic rings. The summed E-state index contributed by atoms with van der Waals surface area (Å²) in [4.78, 5) is 14.0. The molecule has 0 aliphatic rings. The molecule has 0 unspecified atom stereocenters. The Labute approximate surface area is 136 Å². The van der Waals surface area contributed by atoms with E-state index in [0.29, 0.717) is 18.4 Å². The van der Waals surface area contributed by atoms with Crippen molar-refractivity contribution in [2.45, 2.75) is 39.8 Å². The van der Waals surface area contributed by atoms with Crippen LogP contribution < -0.4 is 9.64 Å². The second-order valence-corrected chi connectivity index (χ2v) is 6.29. The molecule has 23 heavy (non-hydrogen) atoms. The molecule has 0 aliphatic carbocycles. The molecular weight excluding hydrogens is 294 g/mol. The van der Waals surface area contributed by atoms with Gasteiger partial charge in [0.1, 0.15) is 5.60 Å². The molecule has 0 spiro atoms. The first-order valence-electron chi connectivity index (χ1n) is 7.49. The molecule has 1 aromatic heterocycles. The van der Waals surface area contributed by atoms with Gasteiger partial charge in [-0.25, -0.2) is 9.69 Å². The smallest absolute Gasteiger partial charge is 0.417 e. The molecule has 1 aromatic carbocycles. The zero-order chi connectivity index (χ0) is 17.0. The highest BCUT2D eigenvalue weighted by molar-refractivity contribution is 5.86. The number of hydrogen-bond donors (Lipinski definition) is 0. The average Bonchev–Trinajstić information content (AvgIpc) is 2.93. The summed E-state index contributed by atoms with van der Waals surface area (Å²) in [5.41, 5.74) is 1.53. The SMILES string of the molecule is COc1ccc(N(Cc2ccccc2C)C(=O)OC(C)(C)C)o1. The summed E-state index contributed by atoms with van der Waals surface area (Å²) in [5, 5.41) is 0. The molecule has 2 rings (SSSR count). The van der Waals surface area contributed by atoms with Gasteiger partial charge in [-0.15, -0.1) is 0 Å². The van der Waals surface area contributed by atoms with Crippen LogP contribution in [0.5, 0.6) is 5.95 Å². The van der Waals surface area contributed by atoms with Crippen molar-refractivity contribution in [3.8, 4) is 5.95 Å². The summed E-state index contributed by atoms with van der Waals surface area (Å²) in [7, 11) is 1.52. The van der Waals surface area contributed by atoms with Gasteiger partial charge in [-0.1, -0.05) is 24.3 Å². The van der Waals surface area contributed by atoms with Crippen molar-refractivity contribution < 1.29 is 18.7 Å². The molecule has 0 saturated carbocycles. The summed E-state index contributed by atoms with van der Waals surface area (Å²) in [6.45, 7) is 7.86.